The third kappa shape index (κ3) is 6.94. The van der Waals surface area contributed by atoms with E-state index in [0.717, 1.165) is 6.07 Å². The highest BCUT2D eigenvalue weighted by atomic mass is 79.9. The summed E-state index contributed by atoms with van der Waals surface area (Å²) >= 11 is 3.05. The molecule has 0 bridgehead atoms. The second-order valence-corrected chi connectivity index (χ2v) is 11.2. The van der Waals surface area contributed by atoms with Crippen LogP contribution >= 0.6 is 23.5 Å². The molecule has 11 heteroatoms. The molecule has 0 saturated carbocycles. The van der Waals surface area contributed by atoms with E-state index in [1.807, 2.05) is 0 Å². The number of ketones is 1. The highest BCUT2D eigenvalue weighted by molar-refractivity contribution is 9.10. The summed E-state index contributed by atoms with van der Waals surface area (Å²) in [4.78, 5) is 44.2. The fraction of sp³-hybridized carbons (Fsp3) is 0.259. The standard InChI is InChI=1S/C27H26BrF2O7P/c1-17(2)37-26(32)36-16-22-20(13-14-23(24(22)28)27(29,30)38(33,34)35)15-21(18-9-5-3-6-10-18)25(31)19-11-7-4-8-12-19/h3-14,17,21H,15-16H2,1-2H3,(H2,33,34,35). The maximum Gasteiger partial charge on any atom is 0.508 e. The molecule has 2 N–H and O–H groups in total. The summed E-state index contributed by atoms with van der Waals surface area (Å²) in [5.74, 6) is -0.955. The molecule has 0 saturated heterocycles. The first-order valence-electron chi connectivity index (χ1n) is 11.5. The molecule has 1 atom stereocenters. The number of benzene rings is 3. The van der Waals surface area contributed by atoms with Gasteiger partial charge >= 0.3 is 19.4 Å². The lowest BCUT2D eigenvalue weighted by molar-refractivity contribution is 0.0292. The van der Waals surface area contributed by atoms with Crippen LogP contribution in [0.15, 0.2) is 77.3 Å². The third-order valence-corrected chi connectivity index (χ3v) is 7.58. The van der Waals surface area contributed by atoms with Crippen LogP contribution in [-0.4, -0.2) is 27.8 Å². The molecule has 3 aromatic carbocycles. The topological polar surface area (TPSA) is 110 Å². The summed E-state index contributed by atoms with van der Waals surface area (Å²) in [6.07, 6.45) is -1.53. The fourth-order valence-electron chi connectivity index (χ4n) is 3.83. The molecular formula is C27H26BrF2O7P. The van der Waals surface area contributed by atoms with E-state index in [-0.39, 0.29) is 22.2 Å². The van der Waals surface area contributed by atoms with Crippen molar-refractivity contribution in [3.8, 4) is 0 Å². The summed E-state index contributed by atoms with van der Waals surface area (Å²) in [7, 11) is -5.89. The largest absolute Gasteiger partial charge is 0.508 e. The predicted octanol–water partition coefficient (Wildman–Crippen LogP) is 6.95. The van der Waals surface area contributed by atoms with E-state index < -0.39 is 43.6 Å². The molecule has 0 fully saturated rings. The first-order chi connectivity index (χ1) is 17.8. The minimum Gasteiger partial charge on any atom is -0.432 e. The molecule has 0 aliphatic carbocycles. The molecule has 0 aliphatic rings. The van der Waals surface area contributed by atoms with Crippen molar-refractivity contribution in [2.45, 2.75) is 44.6 Å². The van der Waals surface area contributed by atoms with Gasteiger partial charge in [0.25, 0.3) is 0 Å². The van der Waals surface area contributed by atoms with Crippen molar-refractivity contribution < 1.29 is 42.2 Å². The smallest absolute Gasteiger partial charge is 0.432 e. The molecule has 0 amide bonds. The van der Waals surface area contributed by atoms with E-state index in [4.69, 9.17) is 9.47 Å². The zero-order chi connectivity index (χ0) is 28.1. The van der Waals surface area contributed by atoms with Gasteiger partial charge < -0.3 is 19.3 Å². The van der Waals surface area contributed by atoms with Crippen LogP contribution in [0.1, 0.15) is 52.4 Å². The highest BCUT2D eigenvalue weighted by Gasteiger charge is 2.52. The molecule has 38 heavy (non-hydrogen) atoms. The van der Waals surface area contributed by atoms with Crippen LogP contribution < -0.4 is 0 Å². The number of ether oxygens (including phenoxy) is 2. The van der Waals surface area contributed by atoms with E-state index in [0.29, 0.717) is 16.7 Å². The Morgan fingerprint density at radius 2 is 1.55 bits per heavy atom. The number of halogens is 3. The molecule has 1 unspecified atom stereocenters. The van der Waals surface area contributed by atoms with Crippen molar-refractivity contribution in [1.82, 2.24) is 0 Å². The quantitative estimate of drug-likeness (QED) is 0.145. The van der Waals surface area contributed by atoms with Gasteiger partial charge in [-0.2, -0.15) is 8.78 Å². The van der Waals surface area contributed by atoms with Gasteiger partial charge in [-0.25, -0.2) is 4.79 Å². The van der Waals surface area contributed by atoms with Crippen LogP contribution in [0, 0.1) is 0 Å². The average Bonchev–Trinajstić information content (AvgIpc) is 2.86. The van der Waals surface area contributed by atoms with Crippen molar-refractivity contribution in [2.75, 3.05) is 0 Å². The first-order valence-corrected chi connectivity index (χ1v) is 13.9. The summed E-state index contributed by atoms with van der Waals surface area (Å²) in [5.41, 5.74) is -3.99. The molecule has 202 valence electrons. The van der Waals surface area contributed by atoms with Crippen LogP contribution in [0.2, 0.25) is 0 Å². The summed E-state index contributed by atoms with van der Waals surface area (Å²) < 4.78 is 50.7. The third-order valence-electron chi connectivity index (χ3n) is 5.70. The average molecular weight is 611 g/mol. The van der Waals surface area contributed by atoms with Gasteiger partial charge in [0.15, 0.2) is 5.78 Å². The lowest BCUT2D eigenvalue weighted by Gasteiger charge is -2.24. The fourth-order valence-corrected chi connectivity index (χ4v) is 5.23. The Hall–Kier alpha value is -2.91. The second-order valence-electron chi connectivity index (χ2n) is 8.75. The number of carbonyl (C=O) groups is 2. The lowest BCUT2D eigenvalue weighted by Crippen LogP contribution is -2.20. The van der Waals surface area contributed by atoms with E-state index in [2.05, 4.69) is 15.9 Å². The van der Waals surface area contributed by atoms with E-state index in [1.165, 1.54) is 6.07 Å². The molecule has 0 spiro atoms. The number of carbonyl (C=O) groups excluding carboxylic acids is 2. The Morgan fingerprint density at radius 1 is 0.974 bits per heavy atom. The molecule has 3 rings (SSSR count). The minimum absolute atomic E-state index is 0.0238. The Morgan fingerprint density at radius 3 is 2.11 bits per heavy atom. The number of alkyl halides is 2. The van der Waals surface area contributed by atoms with E-state index in [9.17, 15) is 32.7 Å². The zero-order valence-corrected chi connectivity index (χ0v) is 23.0. The maximum absolute atomic E-state index is 14.7. The van der Waals surface area contributed by atoms with E-state index >= 15 is 0 Å². The summed E-state index contributed by atoms with van der Waals surface area (Å²) in [6.45, 7) is 2.65. The minimum atomic E-state index is -5.89. The first kappa shape index (κ1) is 29.6. The number of hydrogen-bond donors (Lipinski definition) is 2. The second kappa shape index (κ2) is 12.3. The van der Waals surface area contributed by atoms with Crippen LogP contribution in [0.4, 0.5) is 13.6 Å². The van der Waals surface area contributed by atoms with Gasteiger partial charge in [0.05, 0.1) is 12.0 Å². The summed E-state index contributed by atoms with van der Waals surface area (Å²) in [5, 5.41) is 0. The van der Waals surface area contributed by atoms with Crippen LogP contribution in [-0.2, 0) is 32.7 Å². The monoisotopic (exact) mass is 610 g/mol. The Kier molecular flexibility index (Phi) is 9.59. The Bertz CT molecular complexity index is 1330. The highest BCUT2D eigenvalue weighted by Crippen LogP contribution is 2.60. The summed E-state index contributed by atoms with van der Waals surface area (Å²) in [6, 6.07) is 19.6. The molecule has 3 aromatic rings. The number of Topliss-reactive ketones (excluding diaryl/α,β-unsaturated/α-hetero) is 1. The van der Waals surface area contributed by atoms with Crippen molar-refractivity contribution >= 4 is 35.5 Å². The van der Waals surface area contributed by atoms with Crippen LogP contribution in [0.25, 0.3) is 0 Å². The Balaban J connectivity index is 2.10. The van der Waals surface area contributed by atoms with Crippen molar-refractivity contribution in [3.05, 3.63) is 105 Å². The molecule has 0 aliphatic heterocycles. The van der Waals surface area contributed by atoms with Crippen LogP contribution in [0.3, 0.4) is 0 Å². The number of hydrogen-bond acceptors (Lipinski definition) is 5. The van der Waals surface area contributed by atoms with Gasteiger partial charge in [0, 0.05) is 21.2 Å². The van der Waals surface area contributed by atoms with Crippen LogP contribution in [0.5, 0.6) is 0 Å². The van der Waals surface area contributed by atoms with Crippen molar-refractivity contribution in [3.63, 3.8) is 0 Å². The van der Waals surface area contributed by atoms with Gasteiger partial charge in [-0.05, 0) is 47.3 Å². The lowest BCUT2D eigenvalue weighted by atomic mass is 9.84. The molecule has 0 aromatic heterocycles. The van der Waals surface area contributed by atoms with Gasteiger partial charge in [0.2, 0.25) is 0 Å². The van der Waals surface area contributed by atoms with Crippen molar-refractivity contribution in [1.29, 1.82) is 0 Å². The van der Waals surface area contributed by atoms with Gasteiger partial charge in [-0.1, -0.05) is 72.8 Å². The number of rotatable bonds is 10. The molecule has 0 heterocycles. The SMILES string of the molecule is CC(C)OC(=O)OCc1c(CC(C(=O)c2ccccc2)c2ccccc2)ccc(C(F)(F)P(=O)(O)O)c1Br. The molecule has 7 nitrogen and oxygen atoms in total. The maximum atomic E-state index is 14.7. The van der Waals surface area contributed by atoms with Crippen molar-refractivity contribution in [2.24, 2.45) is 0 Å². The normalized spacial score (nSPS) is 12.7. The van der Waals surface area contributed by atoms with Gasteiger partial charge in [-0.3, -0.25) is 9.36 Å². The van der Waals surface area contributed by atoms with Gasteiger partial charge in [0.1, 0.15) is 6.61 Å². The molecular weight excluding hydrogens is 585 g/mol. The van der Waals surface area contributed by atoms with Gasteiger partial charge in [-0.15, -0.1) is 0 Å². The Labute approximate surface area is 227 Å². The van der Waals surface area contributed by atoms with E-state index in [1.54, 1.807) is 74.5 Å². The zero-order valence-electron chi connectivity index (χ0n) is 20.5. The molecule has 0 radical (unpaired) electrons. The predicted molar refractivity (Wildman–Crippen MR) is 140 cm³/mol.